The van der Waals surface area contributed by atoms with E-state index >= 15 is 0 Å². The molecule has 0 saturated carbocycles. The maximum Gasteiger partial charge on any atom is 0.437 e. The minimum atomic E-state index is -1.02. The van der Waals surface area contributed by atoms with Crippen LogP contribution >= 0.6 is 0 Å². The van der Waals surface area contributed by atoms with Gasteiger partial charge >= 0.3 is 12.2 Å². The van der Waals surface area contributed by atoms with E-state index in [1.54, 1.807) is 35.2 Å². The first-order chi connectivity index (χ1) is 30.7. The van der Waals surface area contributed by atoms with Gasteiger partial charge in [-0.25, -0.2) is 9.59 Å². The molecule has 5 aromatic carbocycles. The number of alkyl carbamates (subject to hydrolysis) is 1. The van der Waals surface area contributed by atoms with Crippen LogP contribution in [-0.4, -0.2) is 78.6 Å². The van der Waals surface area contributed by atoms with Crippen molar-refractivity contribution in [3.8, 4) is 5.75 Å². The van der Waals surface area contributed by atoms with E-state index in [-0.39, 0.29) is 38.1 Å². The van der Waals surface area contributed by atoms with Gasteiger partial charge in [0.15, 0.2) is 0 Å². The van der Waals surface area contributed by atoms with Crippen molar-refractivity contribution >= 4 is 35.9 Å². The quantitative estimate of drug-likeness (QED) is 0.0651. The fourth-order valence-corrected chi connectivity index (χ4v) is 6.90. The molecule has 1 aliphatic rings. The number of ether oxygens (including phenoxy) is 3. The van der Waals surface area contributed by atoms with E-state index in [1.807, 2.05) is 122 Å². The number of aliphatic imine (C=N–C) groups is 1. The van der Waals surface area contributed by atoms with Crippen molar-refractivity contribution in [1.29, 1.82) is 0 Å². The van der Waals surface area contributed by atoms with Gasteiger partial charge in [0.25, 0.3) is 5.91 Å². The van der Waals surface area contributed by atoms with Crippen molar-refractivity contribution in [2.75, 3.05) is 19.7 Å². The van der Waals surface area contributed by atoms with Crippen LogP contribution < -0.4 is 26.0 Å². The number of nitrogens with zero attached hydrogens (tertiary/aromatic N) is 2. The number of carbonyl (C=O) groups is 5. The van der Waals surface area contributed by atoms with E-state index in [1.165, 1.54) is 0 Å². The topological polar surface area (TPSA) is 177 Å². The fraction of sp³-hybridized carbons (Fsp3) is 0.265. The number of carbonyl (C=O) groups excluding carboxylic acids is 5. The third kappa shape index (κ3) is 14.6. The highest BCUT2D eigenvalue weighted by atomic mass is 16.6. The normalized spacial score (nSPS) is 13.7. The van der Waals surface area contributed by atoms with Gasteiger partial charge in [0.1, 0.15) is 31.0 Å². The van der Waals surface area contributed by atoms with E-state index in [9.17, 15) is 24.0 Å². The zero-order chi connectivity index (χ0) is 44.2. The molecule has 0 aromatic heterocycles. The third-order valence-electron chi connectivity index (χ3n) is 10.2. The van der Waals surface area contributed by atoms with E-state index in [0.29, 0.717) is 43.9 Å². The molecule has 1 fully saturated rings. The lowest BCUT2D eigenvalue weighted by atomic mass is 10.0. The Labute approximate surface area is 367 Å². The molecule has 5 amide bonds. The summed E-state index contributed by atoms with van der Waals surface area (Å²) in [6, 6.07) is 41.3. The summed E-state index contributed by atoms with van der Waals surface area (Å²) in [7, 11) is 0. The highest BCUT2D eigenvalue weighted by molar-refractivity contribution is 5.99. The average molecular weight is 853 g/mol. The Morgan fingerprint density at radius 2 is 1.13 bits per heavy atom. The number of amides is 5. The van der Waals surface area contributed by atoms with Gasteiger partial charge in [0.05, 0.1) is 6.61 Å². The lowest BCUT2D eigenvalue weighted by molar-refractivity contribution is -0.130. The zero-order valence-corrected chi connectivity index (χ0v) is 35.1. The van der Waals surface area contributed by atoms with Crippen LogP contribution in [0.4, 0.5) is 9.59 Å². The molecule has 5 aromatic rings. The maximum absolute atomic E-state index is 14.2. The predicted octanol–water partition coefficient (Wildman–Crippen LogP) is 6.35. The molecule has 63 heavy (non-hydrogen) atoms. The highest BCUT2D eigenvalue weighted by Crippen LogP contribution is 2.16. The molecule has 14 nitrogen and oxygen atoms in total. The molecule has 4 N–H and O–H groups in total. The molecule has 326 valence electrons. The van der Waals surface area contributed by atoms with E-state index in [2.05, 4.69) is 26.3 Å². The monoisotopic (exact) mass is 852 g/mol. The number of guanidine groups is 1. The van der Waals surface area contributed by atoms with E-state index < -0.39 is 42.0 Å². The first-order valence-electron chi connectivity index (χ1n) is 21.0. The lowest BCUT2D eigenvalue weighted by Gasteiger charge is -2.34. The summed E-state index contributed by atoms with van der Waals surface area (Å²) >= 11 is 0. The second-order valence-electron chi connectivity index (χ2n) is 14.9. The molecule has 0 radical (unpaired) electrons. The molecule has 1 saturated heterocycles. The van der Waals surface area contributed by atoms with Gasteiger partial charge in [-0.15, -0.1) is 4.99 Å². The Hall–Kier alpha value is -7.48. The van der Waals surface area contributed by atoms with E-state index in [0.717, 1.165) is 22.3 Å². The SMILES string of the molecule is CCOc1ccc(CC(NC(=O)c2ccccc2)C(=O)N[C@H](Cc2ccccc2)C(=O)NC2CCN(C(=NC(=O)OCc3ccccc3)NC(=O)OCc3ccccc3)CC2)cc1. The Balaban J connectivity index is 1.13. The number of rotatable bonds is 16. The number of piperidine rings is 1. The van der Waals surface area contributed by atoms with Crippen LogP contribution in [0.3, 0.4) is 0 Å². The molecule has 1 aliphatic heterocycles. The standard InChI is InChI=1S/C49H52N6O8/c1-2-61-41-25-23-36(24-26-41)32-43(51-44(56)39-21-13-6-14-22-39)46(58)52-42(31-35-15-7-3-8-16-35)45(57)50-40-27-29-55(30-28-40)47(53-48(59)62-33-37-17-9-4-10-18-37)54-49(60)63-34-38-19-11-5-12-20-38/h3-26,40,42-43H,2,27-34H2,1H3,(H,50,57)(H,51,56)(H,52,58)(H,53,54,59,60)/t42-,43?/m1/s1. The molecule has 0 bridgehead atoms. The minimum Gasteiger partial charge on any atom is -0.494 e. The van der Waals surface area contributed by atoms with Gasteiger partial charge in [0.2, 0.25) is 17.8 Å². The van der Waals surface area contributed by atoms with Crippen molar-refractivity contribution in [1.82, 2.24) is 26.2 Å². The number of nitrogens with one attached hydrogen (secondary N) is 4. The average Bonchev–Trinajstić information content (AvgIpc) is 3.31. The smallest absolute Gasteiger partial charge is 0.437 e. The number of hydrogen-bond acceptors (Lipinski definition) is 8. The Morgan fingerprint density at radius 3 is 1.70 bits per heavy atom. The van der Waals surface area contributed by atoms with Crippen LogP contribution in [0, 0.1) is 0 Å². The van der Waals surface area contributed by atoms with Gasteiger partial charge in [-0.05, 0) is 66.3 Å². The molecule has 14 heteroatoms. The van der Waals surface area contributed by atoms with Crippen LogP contribution in [0.1, 0.15) is 52.4 Å². The Kier molecular flexibility index (Phi) is 16.8. The number of benzene rings is 5. The van der Waals surface area contributed by atoms with Crippen LogP contribution in [-0.2, 0) is 45.1 Å². The summed E-state index contributed by atoms with van der Waals surface area (Å²) < 4.78 is 16.4. The number of likely N-dealkylation sites (tertiary alicyclic amines) is 1. The zero-order valence-electron chi connectivity index (χ0n) is 35.1. The first-order valence-corrected chi connectivity index (χ1v) is 21.0. The minimum absolute atomic E-state index is 0.00852. The van der Waals surface area contributed by atoms with Gasteiger partial charge in [-0.1, -0.05) is 121 Å². The fourth-order valence-electron chi connectivity index (χ4n) is 6.90. The molecule has 0 spiro atoms. The van der Waals surface area contributed by atoms with Crippen molar-refractivity contribution in [3.05, 3.63) is 173 Å². The van der Waals surface area contributed by atoms with Crippen molar-refractivity contribution < 1.29 is 38.2 Å². The van der Waals surface area contributed by atoms with Crippen molar-refractivity contribution in [2.45, 2.75) is 63.9 Å². The summed E-state index contributed by atoms with van der Waals surface area (Å²) in [4.78, 5) is 73.4. The molecule has 6 rings (SSSR count). The maximum atomic E-state index is 14.2. The van der Waals surface area contributed by atoms with Gasteiger partial charge in [-0.3, -0.25) is 19.7 Å². The van der Waals surface area contributed by atoms with Gasteiger partial charge < -0.3 is 35.1 Å². The van der Waals surface area contributed by atoms with Crippen molar-refractivity contribution in [2.24, 2.45) is 4.99 Å². The third-order valence-corrected chi connectivity index (χ3v) is 10.2. The first kappa shape index (κ1) is 45.1. The number of hydrogen-bond donors (Lipinski definition) is 4. The Bertz CT molecular complexity index is 2270. The predicted molar refractivity (Wildman–Crippen MR) is 238 cm³/mol. The summed E-state index contributed by atoms with van der Waals surface area (Å²) in [5.74, 6) is -0.710. The molecular formula is C49H52N6O8. The molecule has 0 aliphatic carbocycles. The lowest BCUT2D eigenvalue weighted by Crippen LogP contribution is -2.57. The van der Waals surface area contributed by atoms with Crippen LogP contribution in [0.25, 0.3) is 0 Å². The second kappa shape index (κ2) is 23.5. The van der Waals surface area contributed by atoms with Crippen LogP contribution in [0.15, 0.2) is 151 Å². The van der Waals surface area contributed by atoms with Gasteiger partial charge in [0, 0.05) is 37.5 Å². The van der Waals surface area contributed by atoms with Crippen LogP contribution in [0.2, 0.25) is 0 Å². The largest absolute Gasteiger partial charge is 0.494 e. The summed E-state index contributed by atoms with van der Waals surface area (Å²) in [5, 5.41) is 11.6. The molecule has 2 atom stereocenters. The molecule has 1 heterocycles. The van der Waals surface area contributed by atoms with Crippen molar-refractivity contribution in [3.63, 3.8) is 0 Å². The molecular weight excluding hydrogens is 801 g/mol. The summed E-state index contributed by atoms with van der Waals surface area (Å²) in [6.45, 7) is 3.01. The van der Waals surface area contributed by atoms with Crippen LogP contribution in [0.5, 0.6) is 5.75 Å². The second-order valence-corrected chi connectivity index (χ2v) is 14.9. The van der Waals surface area contributed by atoms with E-state index in [4.69, 9.17) is 14.2 Å². The Morgan fingerprint density at radius 1 is 0.619 bits per heavy atom. The molecule has 1 unspecified atom stereocenters. The van der Waals surface area contributed by atoms with Gasteiger partial charge in [-0.2, -0.15) is 0 Å². The highest BCUT2D eigenvalue weighted by Gasteiger charge is 2.31. The summed E-state index contributed by atoms with van der Waals surface area (Å²) in [5.41, 5.74) is 3.56. The summed E-state index contributed by atoms with van der Waals surface area (Å²) in [6.07, 6.45) is -0.505.